The summed E-state index contributed by atoms with van der Waals surface area (Å²) >= 11 is 0. The molecule has 0 aliphatic carbocycles. The van der Waals surface area contributed by atoms with Crippen LogP contribution in [0.5, 0.6) is 5.75 Å². The minimum Gasteiger partial charge on any atom is -0.493 e. The molecule has 0 bridgehead atoms. The molecule has 2 aliphatic rings. The molecule has 1 saturated heterocycles. The fourth-order valence-electron chi connectivity index (χ4n) is 3.88. The van der Waals surface area contributed by atoms with E-state index in [0.29, 0.717) is 11.8 Å². The van der Waals surface area contributed by atoms with Crippen molar-refractivity contribution in [2.45, 2.75) is 31.6 Å². The van der Waals surface area contributed by atoms with E-state index in [1.54, 1.807) is 6.33 Å². The Kier molecular flexibility index (Phi) is 4.28. The number of nitrogens with one attached hydrogen (secondary N) is 1. The predicted molar refractivity (Wildman–Crippen MR) is 88.5 cm³/mol. The van der Waals surface area contributed by atoms with Crippen molar-refractivity contribution in [2.75, 3.05) is 26.2 Å². The first kappa shape index (κ1) is 14.7. The molecule has 2 aromatic rings. The smallest absolute Gasteiger partial charge is 0.137 e. The first-order chi connectivity index (χ1) is 11.4. The maximum absolute atomic E-state index is 5.90. The number of hydrogen-bond acceptors (Lipinski definition) is 4. The number of aromatic nitrogens is 3. The van der Waals surface area contributed by atoms with E-state index >= 15 is 0 Å². The summed E-state index contributed by atoms with van der Waals surface area (Å²) in [5, 5.41) is 7.00. The number of para-hydroxylation sites is 1. The second-order valence-corrected chi connectivity index (χ2v) is 6.76. The lowest BCUT2D eigenvalue weighted by molar-refractivity contribution is 0.170. The highest BCUT2D eigenvalue weighted by Crippen LogP contribution is 2.29. The van der Waals surface area contributed by atoms with Crippen LogP contribution in [-0.4, -0.2) is 46.3 Å². The summed E-state index contributed by atoms with van der Waals surface area (Å²) < 4.78 is 5.90. The number of aromatic amines is 1. The molecule has 0 radical (unpaired) electrons. The quantitative estimate of drug-likeness (QED) is 0.946. The molecule has 0 amide bonds. The highest BCUT2D eigenvalue weighted by Gasteiger charge is 2.25. The van der Waals surface area contributed by atoms with Gasteiger partial charge in [-0.2, -0.15) is 5.10 Å². The molecule has 1 N–H and O–H groups in total. The lowest BCUT2D eigenvalue weighted by atomic mass is 9.92. The van der Waals surface area contributed by atoms with Crippen LogP contribution in [0.1, 0.15) is 36.6 Å². The zero-order chi connectivity index (χ0) is 15.5. The lowest BCUT2D eigenvalue weighted by Gasteiger charge is -2.33. The average molecular weight is 312 g/mol. The fourth-order valence-corrected chi connectivity index (χ4v) is 3.88. The van der Waals surface area contributed by atoms with Crippen LogP contribution in [0, 0.1) is 5.92 Å². The van der Waals surface area contributed by atoms with E-state index in [1.807, 2.05) is 0 Å². The molecule has 5 nitrogen and oxygen atoms in total. The Morgan fingerprint density at radius 2 is 2.04 bits per heavy atom. The summed E-state index contributed by atoms with van der Waals surface area (Å²) in [6.45, 7) is 4.34. The van der Waals surface area contributed by atoms with Crippen molar-refractivity contribution in [1.29, 1.82) is 0 Å². The number of nitrogens with zero attached hydrogens (tertiary/aromatic N) is 3. The minimum atomic E-state index is 0.548. The van der Waals surface area contributed by atoms with Gasteiger partial charge in [-0.1, -0.05) is 18.2 Å². The number of ether oxygens (including phenoxy) is 1. The van der Waals surface area contributed by atoms with E-state index in [1.165, 1.54) is 24.9 Å². The number of rotatable bonds is 3. The topological polar surface area (TPSA) is 54.0 Å². The lowest BCUT2D eigenvalue weighted by Crippen LogP contribution is -2.37. The monoisotopic (exact) mass is 312 g/mol. The summed E-state index contributed by atoms with van der Waals surface area (Å²) in [6.07, 6.45) is 6.25. The van der Waals surface area contributed by atoms with Gasteiger partial charge in [-0.05, 0) is 56.3 Å². The maximum atomic E-state index is 5.90. The zero-order valence-electron chi connectivity index (χ0n) is 13.4. The van der Waals surface area contributed by atoms with Gasteiger partial charge in [-0.25, -0.2) is 4.98 Å². The normalized spacial score (nSPS) is 23.0. The Hall–Kier alpha value is -1.88. The van der Waals surface area contributed by atoms with Gasteiger partial charge in [-0.3, -0.25) is 5.10 Å². The van der Waals surface area contributed by atoms with Gasteiger partial charge < -0.3 is 9.64 Å². The zero-order valence-corrected chi connectivity index (χ0v) is 13.4. The molecule has 1 aromatic carbocycles. The number of benzene rings is 1. The summed E-state index contributed by atoms with van der Waals surface area (Å²) in [5.41, 5.74) is 1.37. The van der Waals surface area contributed by atoms with Crippen molar-refractivity contribution in [2.24, 2.45) is 5.92 Å². The van der Waals surface area contributed by atoms with Gasteiger partial charge in [-0.15, -0.1) is 0 Å². The Balaban J connectivity index is 1.33. The van der Waals surface area contributed by atoms with Crippen LogP contribution in [0.4, 0.5) is 0 Å². The van der Waals surface area contributed by atoms with Crippen molar-refractivity contribution in [3.63, 3.8) is 0 Å². The van der Waals surface area contributed by atoms with E-state index in [4.69, 9.17) is 4.74 Å². The fraction of sp³-hybridized carbons (Fsp3) is 0.556. The highest BCUT2D eigenvalue weighted by atomic mass is 16.5. The van der Waals surface area contributed by atoms with E-state index in [-0.39, 0.29) is 0 Å². The van der Waals surface area contributed by atoms with Crippen LogP contribution in [-0.2, 0) is 6.42 Å². The highest BCUT2D eigenvalue weighted by molar-refractivity contribution is 5.34. The van der Waals surface area contributed by atoms with Crippen molar-refractivity contribution in [1.82, 2.24) is 20.1 Å². The molecule has 5 heteroatoms. The molecule has 4 rings (SSSR count). The average Bonchev–Trinajstić information content (AvgIpc) is 3.04. The number of H-pyrrole nitrogens is 1. The Bertz CT molecular complexity index is 620. The Morgan fingerprint density at radius 3 is 2.87 bits per heavy atom. The van der Waals surface area contributed by atoms with Crippen LogP contribution in [0.3, 0.4) is 0 Å². The molecule has 0 spiro atoms. The first-order valence-corrected chi connectivity index (χ1v) is 8.67. The number of hydrogen-bond donors (Lipinski definition) is 1. The van der Waals surface area contributed by atoms with E-state index < -0.39 is 0 Å². The first-order valence-electron chi connectivity index (χ1n) is 8.67. The largest absolute Gasteiger partial charge is 0.493 e. The predicted octanol–water partition coefficient (Wildman–Crippen LogP) is 2.63. The van der Waals surface area contributed by atoms with E-state index in [2.05, 4.69) is 44.3 Å². The summed E-state index contributed by atoms with van der Waals surface area (Å²) in [5.74, 6) is 3.38. The van der Waals surface area contributed by atoms with Crippen LogP contribution in [0.2, 0.25) is 0 Å². The number of fused-ring (bicyclic) bond motifs is 1. The Labute approximate surface area is 137 Å². The maximum Gasteiger partial charge on any atom is 0.137 e. The third kappa shape index (κ3) is 3.39. The third-order valence-corrected chi connectivity index (χ3v) is 5.19. The third-order valence-electron chi connectivity index (χ3n) is 5.19. The molecule has 0 saturated carbocycles. The van der Waals surface area contributed by atoms with Crippen LogP contribution in [0.25, 0.3) is 0 Å². The molecule has 1 atom stereocenters. The van der Waals surface area contributed by atoms with Gasteiger partial charge >= 0.3 is 0 Å². The summed E-state index contributed by atoms with van der Waals surface area (Å²) in [4.78, 5) is 6.93. The van der Waals surface area contributed by atoms with Crippen LogP contribution in [0.15, 0.2) is 30.6 Å². The number of piperidine rings is 1. The molecule has 2 aliphatic heterocycles. The second-order valence-electron chi connectivity index (χ2n) is 6.76. The van der Waals surface area contributed by atoms with Crippen molar-refractivity contribution in [3.8, 4) is 5.75 Å². The van der Waals surface area contributed by atoms with Gasteiger partial charge in [0.2, 0.25) is 0 Å². The van der Waals surface area contributed by atoms with E-state index in [0.717, 1.165) is 44.1 Å². The standard InChI is InChI=1S/C18H24N4O/c1-2-4-17-16(3-1)11-14(7-10-23-17)12-22-8-5-15(6-9-22)18-19-13-20-21-18/h1-4,13-15H,5-12H2,(H,19,20,21). The van der Waals surface area contributed by atoms with Gasteiger partial charge in [0.1, 0.15) is 17.9 Å². The van der Waals surface area contributed by atoms with Gasteiger partial charge in [0.05, 0.1) is 6.61 Å². The van der Waals surface area contributed by atoms with Crippen molar-refractivity contribution < 1.29 is 4.74 Å². The second kappa shape index (κ2) is 6.71. The van der Waals surface area contributed by atoms with Gasteiger partial charge in [0.15, 0.2) is 0 Å². The van der Waals surface area contributed by atoms with Crippen LogP contribution < -0.4 is 4.74 Å². The SMILES string of the molecule is c1ccc2c(c1)CC(CN1CCC(c3ncn[nH]3)CC1)CCO2. The van der Waals surface area contributed by atoms with Crippen molar-refractivity contribution in [3.05, 3.63) is 42.0 Å². The Morgan fingerprint density at radius 1 is 1.17 bits per heavy atom. The molecule has 122 valence electrons. The molecule has 23 heavy (non-hydrogen) atoms. The minimum absolute atomic E-state index is 0.548. The van der Waals surface area contributed by atoms with Crippen molar-refractivity contribution >= 4 is 0 Å². The molecule has 1 fully saturated rings. The molecular weight excluding hydrogens is 288 g/mol. The van der Waals surface area contributed by atoms with Gasteiger partial charge in [0.25, 0.3) is 0 Å². The molecule has 3 heterocycles. The summed E-state index contributed by atoms with van der Waals surface area (Å²) in [7, 11) is 0. The van der Waals surface area contributed by atoms with Gasteiger partial charge in [0, 0.05) is 12.5 Å². The molecular formula is C18H24N4O. The van der Waals surface area contributed by atoms with Crippen LogP contribution >= 0.6 is 0 Å². The number of likely N-dealkylation sites (tertiary alicyclic amines) is 1. The van der Waals surface area contributed by atoms with E-state index in [9.17, 15) is 0 Å². The molecule has 1 aromatic heterocycles. The molecule has 1 unspecified atom stereocenters. The summed E-state index contributed by atoms with van der Waals surface area (Å²) in [6, 6.07) is 8.49.